The molecule has 25 heavy (non-hydrogen) atoms. The molecule has 1 aliphatic carbocycles. The minimum atomic E-state index is 0.0854. The maximum absolute atomic E-state index is 11.9. The molecule has 0 radical (unpaired) electrons. The van der Waals surface area contributed by atoms with E-state index < -0.39 is 0 Å². The number of hydrogen-bond acceptors (Lipinski definition) is 3. The summed E-state index contributed by atoms with van der Waals surface area (Å²) in [6.45, 7) is 0.515. The molecule has 1 aromatic carbocycles. The van der Waals surface area contributed by atoms with Gasteiger partial charge in [-0.05, 0) is 49.7 Å². The van der Waals surface area contributed by atoms with Crippen molar-refractivity contribution in [3.05, 3.63) is 59.8 Å². The molecule has 4 nitrogen and oxygen atoms in total. The lowest BCUT2D eigenvalue weighted by Crippen LogP contribution is -2.22. The van der Waals surface area contributed by atoms with E-state index in [0.717, 1.165) is 31.2 Å². The topological polar surface area (TPSA) is 51.2 Å². The van der Waals surface area contributed by atoms with Crippen molar-refractivity contribution in [1.82, 2.24) is 10.3 Å². The average Bonchev–Trinajstić information content (AvgIpc) is 3.15. The third-order valence-electron chi connectivity index (χ3n) is 4.59. The summed E-state index contributed by atoms with van der Waals surface area (Å²) in [5.74, 6) is 0.770. The number of hydrogen-bond donors (Lipinski definition) is 1. The van der Waals surface area contributed by atoms with Crippen molar-refractivity contribution in [3.8, 4) is 5.88 Å². The predicted octanol–water partition coefficient (Wildman–Crippen LogP) is 4.04. The first-order valence-corrected chi connectivity index (χ1v) is 9.22. The molecule has 1 N–H and O–H groups in total. The van der Waals surface area contributed by atoms with Gasteiger partial charge in [0.2, 0.25) is 11.8 Å². The van der Waals surface area contributed by atoms with Crippen LogP contribution in [0.4, 0.5) is 0 Å². The number of carbonyl (C=O) groups is 1. The number of benzene rings is 1. The van der Waals surface area contributed by atoms with Crippen LogP contribution in [0.1, 0.15) is 49.7 Å². The Hall–Kier alpha value is -2.36. The van der Waals surface area contributed by atoms with Gasteiger partial charge in [0, 0.05) is 25.2 Å². The molecular formula is C21H26N2O2. The van der Waals surface area contributed by atoms with Crippen LogP contribution in [0.2, 0.25) is 0 Å². The lowest BCUT2D eigenvalue weighted by molar-refractivity contribution is -0.121. The quantitative estimate of drug-likeness (QED) is 0.790. The second-order valence-electron chi connectivity index (χ2n) is 6.64. The Morgan fingerprint density at radius 2 is 1.88 bits per heavy atom. The number of nitrogens with one attached hydrogen (secondary N) is 1. The molecule has 0 spiro atoms. The molecule has 0 saturated heterocycles. The standard InChI is InChI=1S/C21H26N2O2/c24-20(12-6-9-17-7-2-1-3-8-17)22-15-18-13-14-21(23-16-18)25-19-10-4-5-11-19/h1-3,7-8,13-14,16,19H,4-6,9-12,15H2,(H,22,24). The van der Waals surface area contributed by atoms with Crippen molar-refractivity contribution < 1.29 is 9.53 Å². The number of nitrogens with zero attached hydrogens (tertiary/aromatic N) is 1. The van der Waals surface area contributed by atoms with E-state index in [1.165, 1.54) is 18.4 Å². The van der Waals surface area contributed by atoms with Gasteiger partial charge in [-0.25, -0.2) is 4.98 Å². The van der Waals surface area contributed by atoms with Crippen molar-refractivity contribution in [2.75, 3.05) is 0 Å². The normalized spacial score (nSPS) is 14.4. The molecule has 1 fully saturated rings. The van der Waals surface area contributed by atoms with Gasteiger partial charge in [-0.1, -0.05) is 36.4 Å². The smallest absolute Gasteiger partial charge is 0.220 e. The van der Waals surface area contributed by atoms with Crippen molar-refractivity contribution in [2.24, 2.45) is 0 Å². The Morgan fingerprint density at radius 1 is 1.08 bits per heavy atom. The Labute approximate surface area is 149 Å². The first-order chi connectivity index (χ1) is 12.3. The number of aromatic nitrogens is 1. The highest BCUT2D eigenvalue weighted by molar-refractivity contribution is 5.75. The molecule has 1 saturated carbocycles. The van der Waals surface area contributed by atoms with Gasteiger partial charge in [0.15, 0.2) is 0 Å². The van der Waals surface area contributed by atoms with Crippen LogP contribution in [0.15, 0.2) is 48.7 Å². The van der Waals surface area contributed by atoms with Gasteiger partial charge in [0.1, 0.15) is 6.10 Å². The van der Waals surface area contributed by atoms with Crippen molar-refractivity contribution >= 4 is 5.91 Å². The number of rotatable bonds is 8. The van der Waals surface area contributed by atoms with Gasteiger partial charge in [-0.3, -0.25) is 4.79 Å². The van der Waals surface area contributed by atoms with Crippen LogP contribution >= 0.6 is 0 Å². The minimum Gasteiger partial charge on any atom is -0.474 e. The molecular weight excluding hydrogens is 312 g/mol. The fraction of sp³-hybridized carbons (Fsp3) is 0.429. The van der Waals surface area contributed by atoms with E-state index in [9.17, 15) is 4.79 Å². The zero-order valence-electron chi connectivity index (χ0n) is 14.6. The first kappa shape index (κ1) is 17.5. The van der Waals surface area contributed by atoms with Crippen LogP contribution in [-0.4, -0.2) is 17.0 Å². The summed E-state index contributed by atoms with van der Waals surface area (Å²) in [6.07, 6.45) is 9.20. The summed E-state index contributed by atoms with van der Waals surface area (Å²) < 4.78 is 5.85. The summed E-state index contributed by atoms with van der Waals surface area (Å²) in [5.41, 5.74) is 2.27. The van der Waals surface area contributed by atoms with Gasteiger partial charge >= 0.3 is 0 Å². The van der Waals surface area contributed by atoms with E-state index in [1.54, 1.807) is 6.20 Å². The summed E-state index contributed by atoms with van der Waals surface area (Å²) in [7, 11) is 0. The number of aryl methyl sites for hydroxylation is 1. The van der Waals surface area contributed by atoms with Crippen LogP contribution in [0, 0.1) is 0 Å². The Morgan fingerprint density at radius 3 is 2.60 bits per heavy atom. The molecule has 0 bridgehead atoms. The fourth-order valence-corrected chi connectivity index (χ4v) is 3.15. The van der Waals surface area contributed by atoms with Crippen LogP contribution in [0.5, 0.6) is 5.88 Å². The highest BCUT2D eigenvalue weighted by atomic mass is 16.5. The molecule has 1 aliphatic rings. The minimum absolute atomic E-state index is 0.0854. The molecule has 1 aromatic heterocycles. The maximum atomic E-state index is 11.9. The van der Waals surface area contributed by atoms with Gasteiger partial charge in [-0.15, -0.1) is 0 Å². The molecule has 0 aliphatic heterocycles. The maximum Gasteiger partial charge on any atom is 0.220 e. The molecule has 0 atom stereocenters. The third-order valence-corrected chi connectivity index (χ3v) is 4.59. The van der Waals surface area contributed by atoms with Gasteiger partial charge in [0.25, 0.3) is 0 Å². The van der Waals surface area contributed by atoms with Crippen molar-refractivity contribution in [2.45, 2.75) is 57.6 Å². The molecule has 4 heteroatoms. The summed E-state index contributed by atoms with van der Waals surface area (Å²) in [5, 5.41) is 2.96. The largest absolute Gasteiger partial charge is 0.474 e. The second kappa shape index (κ2) is 9.21. The number of ether oxygens (including phenoxy) is 1. The second-order valence-corrected chi connectivity index (χ2v) is 6.64. The van der Waals surface area contributed by atoms with Crippen molar-refractivity contribution in [1.29, 1.82) is 0 Å². The van der Waals surface area contributed by atoms with Gasteiger partial charge in [-0.2, -0.15) is 0 Å². The van der Waals surface area contributed by atoms with Crippen LogP contribution < -0.4 is 10.1 Å². The lowest BCUT2D eigenvalue weighted by atomic mass is 10.1. The van der Waals surface area contributed by atoms with Crippen LogP contribution in [0.25, 0.3) is 0 Å². The van der Waals surface area contributed by atoms with Gasteiger partial charge in [0.05, 0.1) is 0 Å². The molecule has 3 rings (SSSR count). The molecule has 2 aromatic rings. The van der Waals surface area contributed by atoms with Crippen LogP contribution in [0.3, 0.4) is 0 Å². The highest BCUT2D eigenvalue weighted by Crippen LogP contribution is 2.22. The zero-order valence-corrected chi connectivity index (χ0v) is 14.6. The molecule has 132 valence electrons. The first-order valence-electron chi connectivity index (χ1n) is 9.22. The lowest BCUT2D eigenvalue weighted by Gasteiger charge is -2.12. The SMILES string of the molecule is O=C(CCCc1ccccc1)NCc1ccc(OC2CCCC2)nc1. The number of amides is 1. The third kappa shape index (κ3) is 5.89. The highest BCUT2D eigenvalue weighted by Gasteiger charge is 2.16. The van der Waals surface area contributed by atoms with E-state index >= 15 is 0 Å². The van der Waals surface area contributed by atoms with Crippen LogP contribution in [-0.2, 0) is 17.8 Å². The summed E-state index contributed by atoms with van der Waals surface area (Å²) in [4.78, 5) is 16.3. The number of carbonyl (C=O) groups excluding carboxylic acids is 1. The summed E-state index contributed by atoms with van der Waals surface area (Å²) in [6, 6.07) is 14.1. The van der Waals surface area contributed by atoms with E-state index in [-0.39, 0.29) is 5.91 Å². The van der Waals surface area contributed by atoms with E-state index in [1.807, 2.05) is 30.3 Å². The number of pyridine rings is 1. The van der Waals surface area contributed by atoms with E-state index in [2.05, 4.69) is 22.4 Å². The Balaban J connectivity index is 1.35. The summed E-state index contributed by atoms with van der Waals surface area (Å²) >= 11 is 0. The Bertz CT molecular complexity index is 649. The van der Waals surface area contributed by atoms with Crippen molar-refractivity contribution in [3.63, 3.8) is 0 Å². The Kier molecular flexibility index (Phi) is 6.43. The molecule has 1 heterocycles. The average molecular weight is 338 g/mol. The van der Waals surface area contributed by atoms with E-state index in [0.29, 0.717) is 24.9 Å². The monoisotopic (exact) mass is 338 g/mol. The molecule has 0 unspecified atom stereocenters. The molecule has 1 amide bonds. The van der Waals surface area contributed by atoms with Gasteiger partial charge < -0.3 is 10.1 Å². The fourth-order valence-electron chi connectivity index (χ4n) is 3.15. The zero-order chi connectivity index (χ0) is 17.3. The van der Waals surface area contributed by atoms with E-state index in [4.69, 9.17) is 4.74 Å². The predicted molar refractivity (Wildman–Crippen MR) is 98.3 cm³/mol.